The van der Waals surface area contributed by atoms with Gasteiger partial charge < -0.3 is 10.5 Å². The van der Waals surface area contributed by atoms with Gasteiger partial charge in [-0.25, -0.2) is 0 Å². The Hall–Kier alpha value is -1.10. The molecule has 5 nitrogen and oxygen atoms in total. The van der Waals surface area contributed by atoms with Crippen molar-refractivity contribution in [1.29, 1.82) is 0 Å². The van der Waals surface area contributed by atoms with Crippen LogP contribution in [0.4, 0.5) is 5.82 Å². The van der Waals surface area contributed by atoms with E-state index in [1.165, 1.54) is 12.8 Å². The third-order valence-electron chi connectivity index (χ3n) is 2.49. The van der Waals surface area contributed by atoms with Crippen molar-refractivity contribution < 1.29 is 4.74 Å². The van der Waals surface area contributed by atoms with Crippen molar-refractivity contribution in [3.63, 3.8) is 0 Å². The van der Waals surface area contributed by atoms with Crippen LogP contribution in [-0.2, 0) is 11.3 Å². The predicted octanol–water partition coefficient (Wildman–Crippen LogP) is 0.819. The fraction of sp³-hybridized carbons (Fsp3) is 0.778. The van der Waals surface area contributed by atoms with Gasteiger partial charge >= 0.3 is 0 Å². The summed E-state index contributed by atoms with van der Waals surface area (Å²) in [6.07, 6.45) is 6.83. The summed E-state index contributed by atoms with van der Waals surface area (Å²) >= 11 is 0. The quantitative estimate of drug-likeness (QED) is 0.774. The predicted molar refractivity (Wildman–Crippen MR) is 52.6 cm³/mol. The summed E-state index contributed by atoms with van der Waals surface area (Å²) < 4.78 is 7.31. The van der Waals surface area contributed by atoms with E-state index in [1.807, 2.05) is 0 Å². The van der Waals surface area contributed by atoms with E-state index in [9.17, 15) is 0 Å². The standard InChI is InChI=1S/C9H16N4O/c10-9-7-13(12-11-9)5-1-3-8-4-2-6-14-8/h7-8H,1-6,10H2. The van der Waals surface area contributed by atoms with Gasteiger partial charge in [-0.05, 0) is 25.7 Å². The largest absolute Gasteiger partial charge is 0.381 e. The summed E-state index contributed by atoms with van der Waals surface area (Å²) in [5.74, 6) is 0.488. The van der Waals surface area contributed by atoms with E-state index in [0.29, 0.717) is 11.9 Å². The van der Waals surface area contributed by atoms with Gasteiger partial charge in [-0.2, -0.15) is 0 Å². The lowest BCUT2D eigenvalue weighted by Gasteiger charge is -2.07. The summed E-state index contributed by atoms with van der Waals surface area (Å²) in [4.78, 5) is 0. The monoisotopic (exact) mass is 196 g/mol. The first-order valence-electron chi connectivity index (χ1n) is 5.12. The second-order valence-electron chi connectivity index (χ2n) is 3.68. The van der Waals surface area contributed by atoms with Crippen LogP contribution in [0, 0.1) is 0 Å². The topological polar surface area (TPSA) is 66.0 Å². The molecule has 0 saturated carbocycles. The van der Waals surface area contributed by atoms with Gasteiger partial charge in [-0.1, -0.05) is 5.21 Å². The van der Waals surface area contributed by atoms with Gasteiger partial charge in [0.05, 0.1) is 12.3 Å². The van der Waals surface area contributed by atoms with E-state index in [1.54, 1.807) is 10.9 Å². The van der Waals surface area contributed by atoms with E-state index >= 15 is 0 Å². The molecule has 1 aliphatic rings. The molecule has 0 aromatic carbocycles. The maximum Gasteiger partial charge on any atom is 0.165 e. The number of aryl methyl sites for hydroxylation is 1. The van der Waals surface area contributed by atoms with Crippen molar-refractivity contribution in [3.05, 3.63) is 6.20 Å². The van der Waals surface area contributed by atoms with Gasteiger partial charge in [0.25, 0.3) is 0 Å². The Kier molecular flexibility index (Phi) is 2.98. The van der Waals surface area contributed by atoms with E-state index in [0.717, 1.165) is 26.0 Å². The highest BCUT2D eigenvalue weighted by Gasteiger charge is 2.14. The SMILES string of the molecule is Nc1cn(CCCC2CCCO2)nn1. The number of hydrogen-bond acceptors (Lipinski definition) is 4. The minimum absolute atomic E-state index is 0.468. The summed E-state index contributed by atoms with van der Waals surface area (Å²) in [6, 6.07) is 0. The molecule has 2 N–H and O–H groups in total. The fourth-order valence-electron chi connectivity index (χ4n) is 1.78. The van der Waals surface area contributed by atoms with Crippen molar-refractivity contribution in [1.82, 2.24) is 15.0 Å². The van der Waals surface area contributed by atoms with Gasteiger partial charge in [-0.15, -0.1) is 5.10 Å². The fourth-order valence-corrected chi connectivity index (χ4v) is 1.78. The molecule has 0 spiro atoms. The Bertz CT molecular complexity index is 280. The van der Waals surface area contributed by atoms with Crippen LogP contribution in [0.1, 0.15) is 25.7 Å². The molecule has 1 fully saturated rings. The molecular weight excluding hydrogens is 180 g/mol. The van der Waals surface area contributed by atoms with Crippen LogP contribution >= 0.6 is 0 Å². The van der Waals surface area contributed by atoms with Gasteiger partial charge in [-0.3, -0.25) is 4.68 Å². The zero-order chi connectivity index (χ0) is 9.80. The summed E-state index contributed by atoms with van der Waals surface area (Å²) in [5.41, 5.74) is 5.45. The van der Waals surface area contributed by atoms with Crippen LogP contribution in [0.15, 0.2) is 6.20 Å². The van der Waals surface area contributed by atoms with E-state index in [2.05, 4.69) is 10.3 Å². The molecule has 0 bridgehead atoms. The number of hydrogen-bond donors (Lipinski definition) is 1. The van der Waals surface area contributed by atoms with Crippen molar-refractivity contribution in [2.75, 3.05) is 12.3 Å². The van der Waals surface area contributed by atoms with Crippen LogP contribution in [0.25, 0.3) is 0 Å². The van der Waals surface area contributed by atoms with Crippen LogP contribution in [0.5, 0.6) is 0 Å². The van der Waals surface area contributed by atoms with Gasteiger partial charge in [0.1, 0.15) is 0 Å². The molecule has 1 unspecified atom stereocenters. The Balaban J connectivity index is 1.67. The first kappa shape index (κ1) is 9.45. The Morgan fingerprint density at radius 2 is 2.57 bits per heavy atom. The number of rotatable bonds is 4. The van der Waals surface area contributed by atoms with Crippen molar-refractivity contribution >= 4 is 5.82 Å². The van der Waals surface area contributed by atoms with E-state index in [4.69, 9.17) is 10.5 Å². The Morgan fingerprint density at radius 1 is 1.64 bits per heavy atom. The maximum absolute atomic E-state index is 5.53. The van der Waals surface area contributed by atoms with E-state index in [-0.39, 0.29) is 0 Å². The molecule has 5 heteroatoms. The second kappa shape index (κ2) is 4.41. The molecule has 1 saturated heterocycles. The third kappa shape index (κ3) is 2.45. The molecule has 2 heterocycles. The third-order valence-corrected chi connectivity index (χ3v) is 2.49. The highest BCUT2D eigenvalue weighted by Crippen LogP contribution is 2.16. The van der Waals surface area contributed by atoms with Crippen LogP contribution in [0.3, 0.4) is 0 Å². The van der Waals surface area contributed by atoms with Gasteiger partial charge in [0.2, 0.25) is 0 Å². The molecule has 0 aliphatic carbocycles. The lowest BCUT2D eigenvalue weighted by molar-refractivity contribution is 0.101. The lowest BCUT2D eigenvalue weighted by Crippen LogP contribution is -2.07. The summed E-state index contributed by atoms with van der Waals surface area (Å²) in [7, 11) is 0. The summed E-state index contributed by atoms with van der Waals surface area (Å²) in [6.45, 7) is 1.81. The number of ether oxygens (including phenoxy) is 1. The molecule has 1 aliphatic heterocycles. The maximum atomic E-state index is 5.53. The molecule has 2 rings (SSSR count). The molecule has 1 aromatic rings. The Morgan fingerprint density at radius 3 is 3.21 bits per heavy atom. The summed E-state index contributed by atoms with van der Waals surface area (Å²) in [5, 5.41) is 7.61. The highest BCUT2D eigenvalue weighted by atomic mass is 16.5. The van der Waals surface area contributed by atoms with Crippen molar-refractivity contribution in [2.45, 2.75) is 38.3 Å². The van der Waals surface area contributed by atoms with Crippen molar-refractivity contribution in [2.24, 2.45) is 0 Å². The zero-order valence-corrected chi connectivity index (χ0v) is 8.22. The van der Waals surface area contributed by atoms with Crippen LogP contribution < -0.4 is 5.73 Å². The second-order valence-corrected chi connectivity index (χ2v) is 3.68. The van der Waals surface area contributed by atoms with Crippen LogP contribution in [0.2, 0.25) is 0 Å². The molecule has 0 amide bonds. The average molecular weight is 196 g/mol. The van der Waals surface area contributed by atoms with Gasteiger partial charge in [0, 0.05) is 13.2 Å². The first-order chi connectivity index (χ1) is 6.84. The number of nitrogens with two attached hydrogens (primary N) is 1. The molecular formula is C9H16N4O. The van der Waals surface area contributed by atoms with E-state index < -0.39 is 0 Å². The minimum Gasteiger partial charge on any atom is -0.381 e. The van der Waals surface area contributed by atoms with Crippen LogP contribution in [-0.4, -0.2) is 27.7 Å². The average Bonchev–Trinajstić information content (AvgIpc) is 2.77. The van der Waals surface area contributed by atoms with Gasteiger partial charge in [0.15, 0.2) is 5.82 Å². The molecule has 1 aromatic heterocycles. The lowest BCUT2D eigenvalue weighted by atomic mass is 10.1. The normalized spacial score (nSPS) is 21.6. The first-order valence-corrected chi connectivity index (χ1v) is 5.12. The number of nitrogen functional groups attached to an aromatic ring is 1. The molecule has 78 valence electrons. The molecule has 0 radical (unpaired) electrons. The smallest absolute Gasteiger partial charge is 0.165 e. The minimum atomic E-state index is 0.468. The van der Waals surface area contributed by atoms with Crippen molar-refractivity contribution in [3.8, 4) is 0 Å². The zero-order valence-electron chi connectivity index (χ0n) is 8.22. The highest BCUT2D eigenvalue weighted by molar-refractivity contribution is 5.19. The Labute approximate surface area is 83.2 Å². The number of aromatic nitrogens is 3. The molecule has 14 heavy (non-hydrogen) atoms. The molecule has 1 atom stereocenters. The number of anilines is 1. The number of nitrogens with zero attached hydrogens (tertiary/aromatic N) is 3.